The molecule has 2 heterocycles. The van der Waals surface area contributed by atoms with E-state index in [4.69, 9.17) is 28.9 Å². The highest BCUT2D eigenvalue weighted by molar-refractivity contribution is 6.37. The molecule has 164 valence electrons. The van der Waals surface area contributed by atoms with Crippen molar-refractivity contribution in [3.8, 4) is 5.69 Å². The molecule has 2 aromatic carbocycles. The summed E-state index contributed by atoms with van der Waals surface area (Å²) in [4.78, 5) is 41.4. The Bertz CT molecular complexity index is 1250. The fourth-order valence-corrected chi connectivity index (χ4v) is 3.97. The summed E-state index contributed by atoms with van der Waals surface area (Å²) in [6.07, 6.45) is 1.17. The molecule has 11 heteroatoms. The normalized spacial score (nSPS) is 15.8. The number of carbonyl (C=O) groups is 2. The van der Waals surface area contributed by atoms with Crippen molar-refractivity contribution in [1.82, 2.24) is 20.2 Å². The highest BCUT2D eigenvalue weighted by Crippen LogP contribution is 2.27. The third-order valence-electron chi connectivity index (χ3n) is 4.97. The highest BCUT2D eigenvalue weighted by atomic mass is 35.5. The summed E-state index contributed by atoms with van der Waals surface area (Å²) in [6, 6.07) is 11.7. The summed E-state index contributed by atoms with van der Waals surface area (Å²) < 4.78 is 1.08. The Kier molecular flexibility index (Phi) is 6.13. The number of nitrogen functional groups attached to an aromatic ring is 1. The first kappa shape index (κ1) is 21.8. The molecule has 4 rings (SSSR count). The van der Waals surface area contributed by atoms with Gasteiger partial charge in [-0.1, -0.05) is 41.4 Å². The topological polar surface area (TPSA) is 131 Å². The van der Waals surface area contributed by atoms with Crippen molar-refractivity contribution < 1.29 is 9.59 Å². The second-order valence-electron chi connectivity index (χ2n) is 7.07. The summed E-state index contributed by atoms with van der Waals surface area (Å²) >= 11 is 12.4. The number of nitrogens with zero attached hydrogens (tertiary/aromatic N) is 2. The molecule has 2 amide bonds. The maximum Gasteiger partial charge on any atom is 0.273 e. The van der Waals surface area contributed by atoms with Crippen LogP contribution in [0.15, 0.2) is 53.6 Å². The Balaban J connectivity index is 1.64. The Morgan fingerprint density at radius 2 is 1.88 bits per heavy atom. The molecule has 1 aliphatic rings. The molecule has 0 unspecified atom stereocenters. The van der Waals surface area contributed by atoms with Gasteiger partial charge < -0.3 is 16.4 Å². The molecule has 5 N–H and O–H groups in total. The van der Waals surface area contributed by atoms with Crippen molar-refractivity contribution in [2.45, 2.75) is 6.04 Å². The minimum atomic E-state index is -0.723. The van der Waals surface area contributed by atoms with E-state index in [1.807, 2.05) is 6.07 Å². The van der Waals surface area contributed by atoms with E-state index in [0.29, 0.717) is 12.2 Å². The minimum absolute atomic E-state index is 0.0762. The number of amides is 2. The average molecular weight is 473 g/mol. The number of benzene rings is 2. The van der Waals surface area contributed by atoms with Gasteiger partial charge in [-0.25, -0.2) is 4.98 Å². The highest BCUT2D eigenvalue weighted by Gasteiger charge is 2.22. The molecule has 9 nitrogen and oxygen atoms in total. The number of nitrogens with one attached hydrogen (secondary N) is 3. The second-order valence-corrected chi connectivity index (χ2v) is 7.88. The molecule has 1 aromatic heterocycles. The number of halogens is 2. The fourth-order valence-electron chi connectivity index (χ4n) is 3.39. The van der Waals surface area contributed by atoms with Crippen molar-refractivity contribution in [3.63, 3.8) is 0 Å². The van der Waals surface area contributed by atoms with Gasteiger partial charge in [0, 0.05) is 12.2 Å². The number of hydrogen-bond acceptors (Lipinski definition) is 6. The van der Waals surface area contributed by atoms with Gasteiger partial charge in [-0.3, -0.25) is 24.3 Å². The van der Waals surface area contributed by atoms with Crippen molar-refractivity contribution in [2.24, 2.45) is 0 Å². The van der Waals surface area contributed by atoms with E-state index >= 15 is 0 Å². The molecule has 1 fully saturated rings. The minimum Gasteiger partial charge on any atom is -0.383 e. The van der Waals surface area contributed by atoms with Crippen LogP contribution in [0.3, 0.4) is 0 Å². The van der Waals surface area contributed by atoms with Gasteiger partial charge in [-0.05, 0) is 29.8 Å². The van der Waals surface area contributed by atoms with Gasteiger partial charge in [-0.15, -0.1) is 0 Å². The monoisotopic (exact) mass is 472 g/mol. The predicted octanol–water partition coefficient (Wildman–Crippen LogP) is 2.13. The average Bonchev–Trinajstić information content (AvgIpc) is 2.76. The van der Waals surface area contributed by atoms with Crippen molar-refractivity contribution in [2.75, 3.05) is 24.1 Å². The standard InChI is InChI=1S/C21H18Cl2N6O3/c22-13-5-2-6-14(23)18(13)29-10-27-19(24)17(21(29)32)20(31)28-12-4-1-3-11(7-12)15-8-26-16(30)9-25-15/h1-7,10,15,25H,8-9,24H2,(H,26,30)(H,28,31)/t15-/m0/s1. The van der Waals surface area contributed by atoms with Crippen LogP contribution in [0.1, 0.15) is 22.0 Å². The van der Waals surface area contributed by atoms with Gasteiger partial charge in [0.05, 0.1) is 28.3 Å². The zero-order valence-electron chi connectivity index (χ0n) is 16.6. The molecule has 1 atom stereocenters. The number of aromatic nitrogens is 2. The van der Waals surface area contributed by atoms with Crippen LogP contribution in [-0.4, -0.2) is 34.5 Å². The van der Waals surface area contributed by atoms with Gasteiger partial charge in [0.2, 0.25) is 5.91 Å². The molecule has 32 heavy (non-hydrogen) atoms. The molecule has 1 aliphatic heterocycles. The SMILES string of the molecule is Nc1ncn(-c2c(Cl)cccc2Cl)c(=O)c1C(=O)Nc1cccc([C@@H]2CNC(=O)CN2)c1. The number of piperazine rings is 1. The molecule has 0 aliphatic carbocycles. The molecule has 0 bridgehead atoms. The summed E-state index contributed by atoms with van der Waals surface area (Å²) in [5.74, 6) is -1.02. The first-order valence-corrected chi connectivity index (χ1v) is 10.3. The lowest BCUT2D eigenvalue weighted by molar-refractivity contribution is -0.121. The third-order valence-corrected chi connectivity index (χ3v) is 5.58. The Morgan fingerprint density at radius 3 is 2.56 bits per heavy atom. The molecule has 3 aromatic rings. The number of hydrogen-bond donors (Lipinski definition) is 4. The molecular formula is C21H18Cl2N6O3. The van der Waals surface area contributed by atoms with Crippen molar-refractivity contribution in [1.29, 1.82) is 0 Å². The lowest BCUT2D eigenvalue weighted by Crippen LogP contribution is -2.46. The zero-order chi connectivity index (χ0) is 22.8. The van der Waals surface area contributed by atoms with Crippen LogP contribution in [0.5, 0.6) is 0 Å². The van der Waals surface area contributed by atoms with Crippen LogP contribution in [0, 0.1) is 0 Å². The predicted molar refractivity (Wildman–Crippen MR) is 122 cm³/mol. The van der Waals surface area contributed by atoms with E-state index in [9.17, 15) is 14.4 Å². The van der Waals surface area contributed by atoms with Gasteiger partial charge in [-0.2, -0.15) is 0 Å². The largest absolute Gasteiger partial charge is 0.383 e. The number of nitrogens with two attached hydrogens (primary N) is 1. The van der Waals surface area contributed by atoms with Gasteiger partial charge in [0.15, 0.2) is 0 Å². The van der Waals surface area contributed by atoms with E-state index in [0.717, 1.165) is 10.1 Å². The maximum atomic E-state index is 13.1. The Labute approximate surface area is 192 Å². The van der Waals surface area contributed by atoms with Gasteiger partial charge in [0.25, 0.3) is 11.5 Å². The van der Waals surface area contributed by atoms with E-state index in [1.165, 1.54) is 6.33 Å². The van der Waals surface area contributed by atoms with Crippen LogP contribution >= 0.6 is 23.2 Å². The summed E-state index contributed by atoms with van der Waals surface area (Å²) in [6.45, 7) is 0.632. The lowest BCUT2D eigenvalue weighted by Gasteiger charge is -2.24. The number of para-hydroxylation sites is 1. The van der Waals surface area contributed by atoms with Crippen molar-refractivity contribution >= 4 is 46.5 Å². The van der Waals surface area contributed by atoms with Crippen molar-refractivity contribution in [3.05, 3.63) is 80.3 Å². The van der Waals surface area contributed by atoms with E-state index in [1.54, 1.807) is 36.4 Å². The van der Waals surface area contributed by atoms with Crippen LogP contribution < -0.4 is 27.2 Å². The fraction of sp³-hybridized carbons (Fsp3) is 0.143. The number of carbonyl (C=O) groups excluding carboxylic acids is 2. The smallest absolute Gasteiger partial charge is 0.273 e. The maximum absolute atomic E-state index is 13.1. The van der Waals surface area contributed by atoms with Gasteiger partial charge in [0.1, 0.15) is 17.7 Å². The zero-order valence-corrected chi connectivity index (χ0v) is 18.1. The van der Waals surface area contributed by atoms with Crippen LogP contribution in [0.2, 0.25) is 10.0 Å². The van der Waals surface area contributed by atoms with Crippen LogP contribution in [0.25, 0.3) is 5.69 Å². The summed E-state index contributed by atoms with van der Waals surface area (Å²) in [5, 5.41) is 9.02. The molecule has 1 saturated heterocycles. The lowest BCUT2D eigenvalue weighted by atomic mass is 10.0. The molecule has 0 saturated carbocycles. The van der Waals surface area contributed by atoms with E-state index in [-0.39, 0.29) is 45.6 Å². The van der Waals surface area contributed by atoms with E-state index in [2.05, 4.69) is 20.9 Å². The second kappa shape index (κ2) is 8.99. The quantitative estimate of drug-likeness (QED) is 0.459. The Hall–Kier alpha value is -3.40. The molecule has 0 spiro atoms. The summed E-state index contributed by atoms with van der Waals surface area (Å²) in [7, 11) is 0. The van der Waals surface area contributed by atoms with Crippen LogP contribution in [0.4, 0.5) is 11.5 Å². The Morgan fingerprint density at radius 1 is 1.16 bits per heavy atom. The molecule has 0 radical (unpaired) electrons. The van der Waals surface area contributed by atoms with E-state index < -0.39 is 11.5 Å². The first-order chi connectivity index (χ1) is 15.3. The van der Waals surface area contributed by atoms with Gasteiger partial charge >= 0.3 is 0 Å². The number of rotatable bonds is 4. The first-order valence-electron chi connectivity index (χ1n) is 9.58. The molecular weight excluding hydrogens is 455 g/mol. The number of anilines is 2. The third kappa shape index (κ3) is 4.31. The summed E-state index contributed by atoms with van der Waals surface area (Å²) in [5.41, 5.74) is 6.33. The van der Waals surface area contributed by atoms with Crippen LogP contribution in [-0.2, 0) is 4.79 Å².